The maximum absolute atomic E-state index is 13.5. The van der Waals surface area contributed by atoms with Crippen LogP contribution in [0.1, 0.15) is 50.3 Å². The van der Waals surface area contributed by atoms with E-state index in [1.807, 2.05) is 50.2 Å². The third kappa shape index (κ3) is 10.6. The number of aromatic amines is 1. The summed E-state index contributed by atoms with van der Waals surface area (Å²) in [7, 11) is 0. The molecule has 11 heteroatoms. The topological polar surface area (TPSA) is 142 Å². The van der Waals surface area contributed by atoms with E-state index in [4.69, 9.17) is 9.47 Å². The Morgan fingerprint density at radius 3 is 2.49 bits per heavy atom. The number of benzene rings is 3. The van der Waals surface area contributed by atoms with E-state index >= 15 is 0 Å². The summed E-state index contributed by atoms with van der Waals surface area (Å²) in [6.45, 7) is 10.1. The number of carbonyl (C=O) groups excluding carboxylic acids is 3. The van der Waals surface area contributed by atoms with Crippen molar-refractivity contribution in [3.63, 3.8) is 0 Å². The minimum atomic E-state index is -0.655. The molecule has 0 aliphatic rings. The summed E-state index contributed by atoms with van der Waals surface area (Å²) in [5.74, 6) is -0.202. The highest BCUT2D eigenvalue weighted by molar-refractivity contribution is 5.87. The number of nitrogens with zero attached hydrogens (tertiary/aromatic N) is 1. The van der Waals surface area contributed by atoms with E-state index in [1.165, 1.54) is 0 Å². The molecule has 3 amide bonds. The number of hydrogen-bond donors (Lipinski definition) is 4. The summed E-state index contributed by atoms with van der Waals surface area (Å²) in [5, 5.41) is 9.88. The summed E-state index contributed by atoms with van der Waals surface area (Å²) >= 11 is 0. The first-order valence-electron chi connectivity index (χ1n) is 15.6. The minimum Gasteiger partial charge on any atom is -0.449 e. The highest BCUT2D eigenvalue weighted by Crippen LogP contribution is 2.20. The average Bonchev–Trinajstić information content (AvgIpc) is 3.02. The number of rotatable bonds is 12. The SMILES string of the molecule is Cc1ccccc1C(C)COC(=O)Nc1cccc(CN(CCNC(=O)OC(C)(C)C)C(=O)CNc2ccc3cc[nH]c(=O)c3c2)c1. The fraction of sp³-hybridized carbons (Fsp3) is 0.333. The smallest absolute Gasteiger partial charge is 0.411 e. The molecule has 0 spiro atoms. The fourth-order valence-electron chi connectivity index (χ4n) is 5.03. The number of amides is 3. The second-order valence-corrected chi connectivity index (χ2v) is 12.4. The lowest BCUT2D eigenvalue weighted by Gasteiger charge is -2.25. The number of aryl methyl sites for hydroxylation is 1. The second-order valence-electron chi connectivity index (χ2n) is 12.4. The van der Waals surface area contributed by atoms with Crippen molar-refractivity contribution in [2.45, 2.75) is 52.7 Å². The number of carbonyl (C=O) groups is 3. The van der Waals surface area contributed by atoms with Gasteiger partial charge in [-0.25, -0.2) is 9.59 Å². The number of H-pyrrole nitrogens is 1. The van der Waals surface area contributed by atoms with E-state index in [2.05, 4.69) is 20.9 Å². The lowest BCUT2D eigenvalue weighted by molar-refractivity contribution is -0.129. The second kappa shape index (κ2) is 15.8. The molecule has 4 N–H and O–H groups in total. The summed E-state index contributed by atoms with van der Waals surface area (Å²) in [6.07, 6.45) is 0.437. The number of ether oxygens (including phenoxy) is 2. The molecule has 1 atom stereocenters. The van der Waals surface area contributed by atoms with Crippen LogP contribution in [0.15, 0.2) is 83.8 Å². The average molecular weight is 642 g/mol. The van der Waals surface area contributed by atoms with E-state index in [9.17, 15) is 19.2 Å². The monoisotopic (exact) mass is 641 g/mol. The van der Waals surface area contributed by atoms with Crippen molar-refractivity contribution in [3.8, 4) is 0 Å². The summed E-state index contributed by atoms with van der Waals surface area (Å²) < 4.78 is 10.8. The molecule has 1 heterocycles. The van der Waals surface area contributed by atoms with Crippen LogP contribution < -0.4 is 21.5 Å². The first-order chi connectivity index (χ1) is 22.4. The zero-order valence-corrected chi connectivity index (χ0v) is 27.5. The Labute approximate surface area is 274 Å². The van der Waals surface area contributed by atoms with Gasteiger partial charge in [0.2, 0.25) is 5.91 Å². The van der Waals surface area contributed by atoms with E-state index < -0.39 is 17.8 Å². The van der Waals surface area contributed by atoms with Crippen LogP contribution in [0.25, 0.3) is 10.8 Å². The predicted molar refractivity (Wildman–Crippen MR) is 184 cm³/mol. The molecule has 0 saturated heterocycles. The molecule has 0 aliphatic heterocycles. The Morgan fingerprint density at radius 1 is 0.936 bits per heavy atom. The molecule has 3 aromatic carbocycles. The number of hydrogen-bond acceptors (Lipinski definition) is 7. The minimum absolute atomic E-state index is 0.0334. The lowest BCUT2D eigenvalue weighted by Crippen LogP contribution is -2.42. The Morgan fingerprint density at radius 2 is 1.72 bits per heavy atom. The summed E-state index contributed by atoms with van der Waals surface area (Å²) in [6, 6.07) is 22.3. The zero-order chi connectivity index (χ0) is 34.0. The molecule has 0 fully saturated rings. The standard InChI is InChI=1S/C36H43N5O6/c1-24-9-6-7-12-30(24)25(2)23-46-35(45)40-29-11-8-10-26(19-29)22-41(18-17-38-34(44)47-36(3,4)5)32(42)21-39-28-14-13-27-15-16-37-33(43)31(27)20-28/h6-16,19-20,25,39H,17-18,21-23H2,1-5H3,(H,37,43)(H,38,44)(H,40,45). The van der Waals surface area contributed by atoms with E-state index in [0.29, 0.717) is 16.8 Å². The molecule has 47 heavy (non-hydrogen) atoms. The van der Waals surface area contributed by atoms with Crippen molar-refractivity contribution in [3.05, 3.63) is 106 Å². The molecule has 1 unspecified atom stereocenters. The number of anilines is 2. The highest BCUT2D eigenvalue weighted by Gasteiger charge is 2.19. The quantitative estimate of drug-likeness (QED) is 0.145. The molecule has 0 bridgehead atoms. The van der Waals surface area contributed by atoms with Gasteiger partial charge in [-0.3, -0.25) is 14.9 Å². The van der Waals surface area contributed by atoms with Crippen LogP contribution in [-0.2, 0) is 20.8 Å². The van der Waals surface area contributed by atoms with Crippen LogP contribution >= 0.6 is 0 Å². The number of fused-ring (bicyclic) bond motifs is 1. The molecule has 11 nitrogen and oxygen atoms in total. The molecule has 0 aliphatic carbocycles. The molecule has 4 aromatic rings. The van der Waals surface area contributed by atoms with Gasteiger partial charge in [-0.05, 0) is 80.1 Å². The first kappa shape index (κ1) is 34.6. The van der Waals surface area contributed by atoms with Gasteiger partial charge in [-0.1, -0.05) is 49.4 Å². The maximum atomic E-state index is 13.5. The van der Waals surface area contributed by atoms with Gasteiger partial charge in [0.1, 0.15) is 5.60 Å². The van der Waals surface area contributed by atoms with E-state index in [0.717, 1.165) is 22.1 Å². The molecule has 4 rings (SSSR count). The molecular formula is C36H43N5O6. The van der Waals surface area contributed by atoms with Gasteiger partial charge in [0.15, 0.2) is 0 Å². The molecular weight excluding hydrogens is 598 g/mol. The fourth-order valence-corrected chi connectivity index (χ4v) is 5.03. The Balaban J connectivity index is 1.39. The van der Waals surface area contributed by atoms with E-state index in [1.54, 1.807) is 68.3 Å². The molecule has 248 valence electrons. The summed E-state index contributed by atoms with van der Waals surface area (Å²) in [4.78, 5) is 54.8. The summed E-state index contributed by atoms with van der Waals surface area (Å²) in [5.41, 5.74) is 3.30. The largest absolute Gasteiger partial charge is 0.449 e. The Bertz CT molecular complexity index is 1760. The van der Waals surface area contributed by atoms with Crippen molar-refractivity contribution in [2.75, 3.05) is 36.9 Å². The Hall–Kier alpha value is -5.32. The van der Waals surface area contributed by atoms with Gasteiger partial charge in [0.05, 0.1) is 13.2 Å². The number of nitrogens with one attached hydrogen (secondary N) is 4. The van der Waals surface area contributed by atoms with Crippen LogP contribution in [0.5, 0.6) is 0 Å². The van der Waals surface area contributed by atoms with Gasteiger partial charge < -0.3 is 30.0 Å². The van der Waals surface area contributed by atoms with Gasteiger partial charge >= 0.3 is 12.2 Å². The van der Waals surface area contributed by atoms with Crippen LogP contribution in [0.3, 0.4) is 0 Å². The normalized spacial score (nSPS) is 11.8. The first-order valence-corrected chi connectivity index (χ1v) is 15.6. The van der Waals surface area contributed by atoms with Gasteiger partial charge in [0.25, 0.3) is 5.56 Å². The van der Waals surface area contributed by atoms with Gasteiger partial charge in [0, 0.05) is 48.5 Å². The molecule has 1 aromatic heterocycles. The van der Waals surface area contributed by atoms with Crippen LogP contribution in [-0.4, -0.2) is 59.8 Å². The number of pyridine rings is 1. The van der Waals surface area contributed by atoms with Crippen LogP contribution in [0, 0.1) is 6.92 Å². The highest BCUT2D eigenvalue weighted by atomic mass is 16.6. The van der Waals surface area contributed by atoms with Crippen LogP contribution in [0.2, 0.25) is 0 Å². The third-order valence-electron chi connectivity index (χ3n) is 7.35. The van der Waals surface area contributed by atoms with Crippen LogP contribution in [0.4, 0.5) is 21.0 Å². The lowest BCUT2D eigenvalue weighted by atomic mass is 9.97. The van der Waals surface area contributed by atoms with Crippen molar-refractivity contribution >= 4 is 40.2 Å². The molecule has 0 radical (unpaired) electrons. The van der Waals surface area contributed by atoms with E-state index in [-0.39, 0.29) is 50.2 Å². The zero-order valence-electron chi connectivity index (χ0n) is 27.5. The number of alkyl carbamates (subject to hydrolysis) is 1. The van der Waals surface area contributed by atoms with Crippen molar-refractivity contribution in [1.29, 1.82) is 0 Å². The van der Waals surface area contributed by atoms with Gasteiger partial charge in [-0.2, -0.15) is 0 Å². The van der Waals surface area contributed by atoms with Crippen molar-refractivity contribution in [2.24, 2.45) is 0 Å². The van der Waals surface area contributed by atoms with Gasteiger partial charge in [-0.15, -0.1) is 0 Å². The van der Waals surface area contributed by atoms with Crippen molar-refractivity contribution in [1.82, 2.24) is 15.2 Å². The third-order valence-corrected chi connectivity index (χ3v) is 7.35. The maximum Gasteiger partial charge on any atom is 0.411 e. The predicted octanol–water partition coefficient (Wildman–Crippen LogP) is 6.15. The molecule has 0 saturated carbocycles. The number of aromatic nitrogens is 1. The van der Waals surface area contributed by atoms with Crippen molar-refractivity contribution < 1.29 is 23.9 Å². The Kier molecular flexibility index (Phi) is 11.6.